The fraction of sp³-hybridized carbons (Fsp3) is 0.391. The average Bonchev–Trinajstić information content (AvgIpc) is 2.73. The summed E-state index contributed by atoms with van der Waals surface area (Å²) in [6, 6.07) is 16.7. The van der Waals surface area contributed by atoms with Crippen molar-refractivity contribution in [3.63, 3.8) is 0 Å². The molecule has 0 fully saturated rings. The quantitative estimate of drug-likeness (QED) is 0.642. The molecule has 6 heteroatoms. The number of anilines is 1. The zero-order valence-electron chi connectivity index (χ0n) is 17.6. The lowest BCUT2D eigenvalue weighted by Gasteiger charge is -2.26. The molecular weight excluding hydrogens is 366 g/mol. The second kappa shape index (κ2) is 11.2. The van der Waals surface area contributed by atoms with Gasteiger partial charge in [0.2, 0.25) is 11.8 Å². The molecule has 0 aliphatic carbocycles. The summed E-state index contributed by atoms with van der Waals surface area (Å²) in [6.07, 6.45) is 1.83. The molecule has 0 heterocycles. The molecule has 2 aromatic rings. The monoisotopic (exact) mass is 397 g/mol. The molecule has 29 heavy (non-hydrogen) atoms. The number of nitrogens with one attached hydrogen (secondary N) is 2. The van der Waals surface area contributed by atoms with E-state index in [1.807, 2.05) is 49.4 Å². The van der Waals surface area contributed by atoms with Crippen LogP contribution in [0.2, 0.25) is 0 Å². The van der Waals surface area contributed by atoms with E-state index in [1.165, 1.54) is 0 Å². The fourth-order valence-corrected chi connectivity index (χ4v) is 3.05. The maximum Gasteiger partial charge on any atom is 0.238 e. The first-order valence-corrected chi connectivity index (χ1v) is 9.94. The van der Waals surface area contributed by atoms with Crippen LogP contribution in [0.5, 0.6) is 5.75 Å². The van der Waals surface area contributed by atoms with Crippen molar-refractivity contribution in [2.75, 3.05) is 26.0 Å². The SMILES string of the molecule is CCC[C@H](NC(=O)[C@H](C)N(C)CC(=O)Nc1cccc(OC)c1)c1ccccc1. The van der Waals surface area contributed by atoms with Gasteiger partial charge >= 0.3 is 0 Å². The van der Waals surface area contributed by atoms with Crippen molar-refractivity contribution in [3.8, 4) is 5.75 Å². The van der Waals surface area contributed by atoms with Gasteiger partial charge in [-0.05, 0) is 38.1 Å². The van der Waals surface area contributed by atoms with E-state index in [1.54, 1.807) is 31.2 Å². The van der Waals surface area contributed by atoms with Gasteiger partial charge in [0.25, 0.3) is 0 Å². The minimum absolute atomic E-state index is 0.0323. The van der Waals surface area contributed by atoms with Crippen molar-refractivity contribution in [1.29, 1.82) is 0 Å². The van der Waals surface area contributed by atoms with Crippen LogP contribution in [-0.2, 0) is 9.59 Å². The number of amides is 2. The molecular formula is C23H31N3O3. The largest absolute Gasteiger partial charge is 0.497 e. The maximum absolute atomic E-state index is 12.8. The van der Waals surface area contributed by atoms with Crippen LogP contribution in [0.1, 0.15) is 38.3 Å². The molecule has 0 saturated carbocycles. The molecule has 0 unspecified atom stereocenters. The van der Waals surface area contributed by atoms with Crippen molar-refractivity contribution in [3.05, 3.63) is 60.2 Å². The molecule has 2 N–H and O–H groups in total. The number of nitrogens with zero attached hydrogens (tertiary/aromatic N) is 1. The molecule has 0 aliphatic rings. The van der Waals surface area contributed by atoms with Gasteiger partial charge in [0.05, 0.1) is 25.7 Å². The fourth-order valence-electron chi connectivity index (χ4n) is 3.05. The van der Waals surface area contributed by atoms with E-state index < -0.39 is 6.04 Å². The predicted molar refractivity (Wildman–Crippen MR) is 116 cm³/mol. The molecule has 0 radical (unpaired) electrons. The van der Waals surface area contributed by atoms with Gasteiger partial charge in [0.15, 0.2) is 0 Å². The maximum atomic E-state index is 12.8. The first-order valence-electron chi connectivity index (χ1n) is 9.94. The molecule has 0 spiro atoms. The lowest BCUT2D eigenvalue weighted by Crippen LogP contribution is -2.46. The average molecular weight is 398 g/mol. The van der Waals surface area contributed by atoms with Crippen molar-refractivity contribution >= 4 is 17.5 Å². The van der Waals surface area contributed by atoms with Crippen molar-refractivity contribution in [1.82, 2.24) is 10.2 Å². The minimum atomic E-state index is -0.436. The van der Waals surface area contributed by atoms with Gasteiger partial charge < -0.3 is 15.4 Å². The predicted octanol–water partition coefficient (Wildman–Crippen LogP) is 3.61. The van der Waals surface area contributed by atoms with E-state index in [2.05, 4.69) is 17.6 Å². The summed E-state index contributed by atoms with van der Waals surface area (Å²) in [6.45, 7) is 4.01. The minimum Gasteiger partial charge on any atom is -0.497 e. The third-order valence-corrected chi connectivity index (χ3v) is 4.88. The number of ether oxygens (including phenoxy) is 1. The van der Waals surface area contributed by atoms with Gasteiger partial charge in [0.1, 0.15) is 5.75 Å². The third-order valence-electron chi connectivity index (χ3n) is 4.88. The highest BCUT2D eigenvalue weighted by atomic mass is 16.5. The van der Waals surface area contributed by atoms with Crippen LogP contribution in [0.25, 0.3) is 0 Å². The van der Waals surface area contributed by atoms with Crippen molar-refractivity contribution in [2.45, 2.75) is 38.8 Å². The highest BCUT2D eigenvalue weighted by Gasteiger charge is 2.23. The molecule has 2 atom stereocenters. The summed E-state index contributed by atoms with van der Waals surface area (Å²) >= 11 is 0. The number of carbonyl (C=O) groups excluding carboxylic acids is 2. The highest BCUT2D eigenvalue weighted by Crippen LogP contribution is 2.19. The van der Waals surface area contributed by atoms with E-state index in [0.29, 0.717) is 11.4 Å². The van der Waals surface area contributed by atoms with Gasteiger partial charge in [-0.1, -0.05) is 49.7 Å². The zero-order valence-corrected chi connectivity index (χ0v) is 17.6. The zero-order chi connectivity index (χ0) is 21.2. The smallest absolute Gasteiger partial charge is 0.238 e. The standard InChI is InChI=1S/C23H31N3O3/c1-5-10-21(18-11-7-6-8-12-18)25-23(28)17(2)26(3)16-22(27)24-19-13-9-14-20(15-19)29-4/h6-9,11-15,17,21H,5,10,16H2,1-4H3,(H,24,27)(H,25,28)/t17-,21-/m0/s1. The molecule has 6 nitrogen and oxygen atoms in total. The van der Waals surface area contributed by atoms with Crippen LogP contribution in [0.15, 0.2) is 54.6 Å². The second-order valence-electron chi connectivity index (χ2n) is 7.13. The van der Waals surface area contributed by atoms with E-state index in [-0.39, 0.29) is 24.4 Å². The van der Waals surface area contributed by atoms with Crippen LogP contribution in [-0.4, -0.2) is 43.5 Å². The van der Waals surface area contributed by atoms with Crippen molar-refractivity contribution in [2.24, 2.45) is 0 Å². The Hall–Kier alpha value is -2.86. The Morgan fingerprint density at radius 2 is 1.83 bits per heavy atom. The summed E-state index contributed by atoms with van der Waals surface area (Å²) in [5, 5.41) is 5.96. The first kappa shape index (κ1) is 22.4. The van der Waals surface area contributed by atoms with Crippen LogP contribution in [0.3, 0.4) is 0 Å². The number of hydrogen-bond acceptors (Lipinski definition) is 4. The van der Waals surface area contributed by atoms with E-state index in [9.17, 15) is 9.59 Å². The Kier molecular flexibility index (Phi) is 8.68. The van der Waals surface area contributed by atoms with Gasteiger partial charge in [0, 0.05) is 11.8 Å². The molecule has 0 saturated heterocycles. The van der Waals surface area contributed by atoms with E-state index >= 15 is 0 Å². The molecule has 2 aromatic carbocycles. The van der Waals surface area contributed by atoms with Crippen LogP contribution >= 0.6 is 0 Å². The van der Waals surface area contributed by atoms with Crippen molar-refractivity contribution < 1.29 is 14.3 Å². The van der Waals surface area contributed by atoms with Crippen LogP contribution in [0, 0.1) is 0 Å². The molecule has 156 valence electrons. The number of hydrogen-bond donors (Lipinski definition) is 2. The van der Waals surface area contributed by atoms with Crippen LogP contribution < -0.4 is 15.4 Å². The van der Waals surface area contributed by atoms with Crippen LogP contribution in [0.4, 0.5) is 5.69 Å². The number of likely N-dealkylation sites (N-methyl/N-ethyl adjacent to an activating group) is 1. The highest BCUT2D eigenvalue weighted by molar-refractivity contribution is 5.93. The van der Waals surface area contributed by atoms with Gasteiger partial charge in [-0.15, -0.1) is 0 Å². The Balaban J connectivity index is 1.92. The molecule has 0 aliphatic heterocycles. The van der Waals surface area contributed by atoms with Gasteiger partial charge in [-0.2, -0.15) is 0 Å². The Labute approximate surface area is 173 Å². The molecule has 2 rings (SSSR count). The summed E-state index contributed by atoms with van der Waals surface area (Å²) in [5.41, 5.74) is 1.75. The van der Waals surface area contributed by atoms with E-state index in [4.69, 9.17) is 4.74 Å². The van der Waals surface area contributed by atoms with Gasteiger partial charge in [-0.3, -0.25) is 14.5 Å². The summed E-state index contributed by atoms with van der Waals surface area (Å²) in [5.74, 6) is 0.393. The summed E-state index contributed by atoms with van der Waals surface area (Å²) in [7, 11) is 3.35. The lowest BCUT2D eigenvalue weighted by atomic mass is 10.0. The number of carbonyl (C=O) groups is 2. The Bertz CT molecular complexity index is 795. The number of methoxy groups -OCH3 is 1. The summed E-state index contributed by atoms with van der Waals surface area (Å²) in [4.78, 5) is 26.9. The van der Waals surface area contributed by atoms with Gasteiger partial charge in [-0.25, -0.2) is 0 Å². The summed E-state index contributed by atoms with van der Waals surface area (Å²) < 4.78 is 5.17. The first-order chi connectivity index (χ1) is 13.9. The normalized spacial score (nSPS) is 12.9. The Morgan fingerprint density at radius 1 is 1.10 bits per heavy atom. The molecule has 2 amide bonds. The molecule has 0 bridgehead atoms. The number of rotatable bonds is 10. The lowest BCUT2D eigenvalue weighted by molar-refractivity contribution is -0.127. The third kappa shape index (κ3) is 6.91. The number of benzene rings is 2. The Morgan fingerprint density at radius 3 is 2.48 bits per heavy atom. The second-order valence-corrected chi connectivity index (χ2v) is 7.13. The topological polar surface area (TPSA) is 70.7 Å². The molecule has 0 aromatic heterocycles. The van der Waals surface area contributed by atoms with E-state index in [0.717, 1.165) is 18.4 Å².